The lowest BCUT2D eigenvalue weighted by Crippen LogP contribution is -2.23. The van der Waals surface area contributed by atoms with Gasteiger partial charge < -0.3 is 9.84 Å². The Labute approximate surface area is 58.7 Å². The third-order valence-electron chi connectivity index (χ3n) is 1.45. The van der Waals surface area contributed by atoms with Crippen LogP contribution in [-0.4, -0.2) is 41.2 Å². The summed E-state index contributed by atoms with van der Waals surface area (Å²) in [4.78, 5) is 10.4. The second-order valence-electron chi connectivity index (χ2n) is 2.04. The number of hydrogen-bond acceptors (Lipinski definition) is 2. The van der Waals surface area contributed by atoms with Crippen molar-refractivity contribution in [3.8, 4) is 0 Å². The summed E-state index contributed by atoms with van der Waals surface area (Å²) in [7, 11) is 0. The zero-order valence-corrected chi connectivity index (χ0v) is 5.83. The number of nitrogens with zero attached hydrogens (tertiary/aromatic N) is 1. The van der Waals surface area contributed by atoms with Crippen LogP contribution < -0.4 is 0 Å². The number of likely N-dealkylation sites (N-methyl/N-ethyl adjacent to an activating group) is 1. The average Bonchev–Trinajstić information content (AvgIpc) is 2.33. The van der Waals surface area contributed by atoms with Crippen molar-refractivity contribution in [1.29, 1.82) is 0 Å². The van der Waals surface area contributed by atoms with E-state index in [-0.39, 0.29) is 5.90 Å². The minimum atomic E-state index is -0.973. The van der Waals surface area contributed by atoms with Gasteiger partial charge in [0.1, 0.15) is 6.54 Å². The first-order valence-electron chi connectivity index (χ1n) is 3.23. The lowest BCUT2D eigenvalue weighted by Gasteiger charge is -1.89. The largest absolute Gasteiger partial charge is 0.471 e. The van der Waals surface area contributed by atoms with Gasteiger partial charge >= 0.3 is 11.9 Å². The smallest absolute Gasteiger partial charge is 0.450 e. The molecule has 4 heteroatoms. The highest BCUT2D eigenvalue weighted by molar-refractivity contribution is 6.29. The van der Waals surface area contributed by atoms with Gasteiger partial charge in [-0.1, -0.05) is 0 Å². The summed E-state index contributed by atoms with van der Waals surface area (Å²) in [6.45, 7) is 3.78. The predicted octanol–water partition coefficient (Wildman–Crippen LogP) is -0.468. The number of carboxylic acids is 1. The molecule has 0 unspecified atom stereocenters. The van der Waals surface area contributed by atoms with Crippen LogP contribution >= 0.6 is 0 Å². The zero-order chi connectivity index (χ0) is 7.56. The number of hydrogen-bond donors (Lipinski definition) is 1. The van der Waals surface area contributed by atoms with Crippen LogP contribution in [0.4, 0.5) is 0 Å². The van der Waals surface area contributed by atoms with Crippen molar-refractivity contribution in [3.05, 3.63) is 0 Å². The Hall–Kier alpha value is -1.06. The fourth-order valence-corrected chi connectivity index (χ4v) is 0.944. The van der Waals surface area contributed by atoms with Crippen LogP contribution in [0.15, 0.2) is 0 Å². The lowest BCUT2D eigenvalue weighted by molar-refractivity contribution is -0.513. The summed E-state index contributed by atoms with van der Waals surface area (Å²) < 4.78 is 6.56. The highest BCUT2D eigenvalue weighted by Gasteiger charge is 2.29. The molecule has 4 nitrogen and oxygen atoms in total. The maximum atomic E-state index is 10.4. The summed E-state index contributed by atoms with van der Waals surface area (Å²) in [6, 6.07) is 0. The van der Waals surface area contributed by atoms with Crippen LogP contribution in [0.3, 0.4) is 0 Å². The Kier molecular flexibility index (Phi) is 1.89. The molecular weight excluding hydrogens is 134 g/mol. The van der Waals surface area contributed by atoms with Crippen molar-refractivity contribution in [2.75, 3.05) is 19.7 Å². The molecule has 1 aliphatic rings. The minimum Gasteiger partial charge on any atom is -0.471 e. The first-order valence-corrected chi connectivity index (χ1v) is 3.23. The average molecular weight is 144 g/mol. The quantitative estimate of drug-likeness (QED) is 0.533. The van der Waals surface area contributed by atoms with Crippen LogP contribution in [0.2, 0.25) is 0 Å². The van der Waals surface area contributed by atoms with Crippen molar-refractivity contribution < 1.29 is 19.2 Å². The molecule has 0 aromatic heterocycles. The van der Waals surface area contributed by atoms with E-state index in [9.17, 15) is 4.79 Å². The van der Waals surface area contributed by atoms with Gasteiger partial charge in [0, 0.05) is 0 Å². The van der Waals surface area contributed by atoms with E-state index >= 15 is 0 Å². The van der Waals surface area contributed by atoms with Crippen LogP contribution in [0.25, 0.3) is 0 Å². The molecule has 0 saturated heterocycles. The third-order valence-corrected chi connectivity index (χ3v) is 1.45. The van der Waals surface area contributed by atoms with Gasteiger partial charge in [-0.3, -0.25) is 0 Å². The highest BCUT2D eigenvalue weighted by Crippen LogP contribution is 1.94. The maximum Gasteiger partial charge on any atom is 0.450 e. The molecule has 0 aromatic carbocycles. The standard InChI is InChI=1S/C6H9NO3/c1-2-7-3-4-10-5(7)6(8)9/h2-4H2,1H3/p+1. The van der Waals surface area contributed by atoms with E-state index in [1.165, 1.54) is 0 Å². The molecule has 0 spiro atoms. The monoisotopic (exact) mass is 144 g/mol. The fourth-order valence-electron chi connectivity index (χ4n) is 0.944. The van der Waals surface area contributed by atoms with E-state index in [1.54, 1.807) is 4.58 Å². The minimum absolute atomic E-state index is 0.0856. The molecule has 1 aliphatic heterocycles. The van der Waals surface area contributed by atoms with E-state index in [1.807, 2.05) is 6.92 Å². The molecule has 0 radical (unpaired) electrons. The van der Waals surface area contributed by atoms with Gasteiger partial charge in [-0.2, -0.15) is 4.58 Å². The van der Waals surface area contributed by atoms with E-state index in [0.29, 0.717) is 19.7 Å². The molecule has 0 atom stereocenters. The Morgan fingerprint density at radius 3 is 3.00 bits per heavy atom. The van der Waals surface area contributed by atoms with Crippen molar-refractivity contribution in [2.45, 2.75) is 6.92 Å². The van der Waals surface area contributed by atoms with Crippen molar-refractivity contribution in [1.82, 2.24) is 0 Å². The summed E-state index contributed by atoms with van der Waals surface area (Å²) >= 11 is 0. The molecule has 0 fully saturated rings. The number of ether oxygens (including phenoxy) is 1. The molecule has 0 amide bonds. The summed E-state index contributed by atoms with van der Waals surface area (Å²) in [5.41, 5.74) is 0. The second-order valence-corrected chi connectivity index (χ2v) is 2.04. The molecule has 0 saturated carbocycles. The number of carboxylic acid groups (broad SMARTS) is 1. The Morgan fingerprint density at radius 2 is 2.60 bits per heavy atom. The molecule has 1 heterocycles. The van der Waals surface area contributed by atoms with Gasteiger partial charge in [-0.15, -0.1) is 0 Å². The van der Waals surface area contributed by atoms with Crippen molar-refractivity contribution in [3.63, 3.8) is 0 Å². The van der Waals surface area contributed by atoms with Gasteiger partial charge in [0.05, 0.1) is 0 Å². The summed E-state index contributed by atoms with van der Waals surface area (Å²) in [5.74, 6) is -0.887. The van der Waals surface area contributed by atoms with E-state index in [2.05, 4.69) is 0 Å². The molecule has 0 aromatic rings. The highest BCUT2D eigenvalue weighted by atomic mass is 16.5. The first-order chi connectivity index (χ1) is 4.75. The summed E-state index contributed by atoms with van der Waals surface area (Å²) in [6.07, 6.45) is 0. The molecule has 56 valence electrons. The zero-order valence-electron chi connectivity index (χ0n) is 5.83. The van der Waals surface area contributed by atoms with Gasteiger partial charge in [0.25, 0.3) is 0 Å². The Morgan fingerprint density at radius 1 is 1.90 bits per heavy atom. The number of rotatable bonds is 2. The van der Waals surface area contributed by atoms with Crippen LogP contribution in [-0.2, 0) is 9.53 Å². The van der Waals surface area contributed by atoms with E-state index in [0.717, 1.165) is 0 Å². The van der Waals surface area contributed by atoms with Gasteiger partial charge in [-0.25, -0.2) is 4.79 Å². The molecule has 1 N–H and O–H groups in total. The van der Waals surface area contributed by atoms with Crippen LogP contribution in [0.1, 0.15) is 6.92 Å². The van der Waals surface area contributed by atoms with Crippen LogP contribution in [0, 0.1) is 0 Å². The van der Waals surface area contributed by atoms with Crippen LogP contribution in [0.5, 0.6) is 0 Å². The second kappa shape index (κ2) is 2.68. The maximum absolute atomic E-state index is 10.4. The molecule has 0 aliphatic carbocycles. The Bertz CT molecular complexity index is 185. The summed E-state index contributed by atoms with van der Waals surface area (Å²) in [5, 5.41) is 8.51. The van der Waals surface area contributed by atoms with Gasteiger partial charge in [0.15, 0.2) is 13.2 Å². The normalized spacial score (nSPS) is 17.3. The van der Waals surface area contributed by atoms with Crippen molar-refractivity contribution >= 4 is 11.9 Å². The fraction of sp³-hybridized carbons (Fsp3) is 0.667. The predicted molar refractivity (Wildman–Crippen MR) is 34.3 cm³/mol. The first kappa shape index (κ1) is 7.05. The molecular formula is C6H10NO3+. The van der Waals surface area contributed by atoms with E-state index in [4.69, 9.17) is 9.84 Å². The van der Waals surface area contributed by atoms with E-state index < -0.39 is 5.97 Å². The van der Waals surface area contributed by atoms with Crippen molar-refractivity contribution in [2.24, 2.45) is 0 Å². The SMILES string of the molecule is CC[N+]1=C(C(=O)O)OCC1. The topological polar surface area (TPSA) is 49.5 Å². The number of carbonyl (C=O) groups is 1. The van der Waals surface area contributed by atoms with Gasteiger partial charge in [0.2, 0.25) is 0 Å². The Balaban J connectivity index is 2.78. The lowest BCUT2D eigenvalue weighted by atomic mass is 10.6. The van der Waals surface area contributed by atoms with Gasteiger partial charge in [-0.05, 0) is 6.92 Å². The molecule has 0 bridgehead atoms. The molecule has 10 heavy (non-hydrogen) atoms. The third kappa shape index (κ3) is 1.10. The number of aliphatic carboxylic acids is 1. The molecule has 1 rings (SSSR count).